The third-order valence-corrected chi connectivity index (χ3v) is 3.39. The van der Waals surface area contributed by atoms with Gasteiger partial charge >= 0.3 is 6.18 Å². The van der Waals surface area contributed by atoms with E-state index in [1.54, 1.807) is 0 Å². The molecule has 0 saturated heterocycles. The average Bonchev–Trinajstić information content (AvgIpc) is 2.48. The number of ether oxygens (including phenoxy) is 1. The van der Waals surface area contributed by atoms with Crippen LogP contribution in [0.25, 0.3) is 0 Å². The van der Waals surface area contributed by atoms with Crippen molar-refractivity contribution in [1.29, 1.82) is 0 Å². The third-order valence-electron chi connectivity index (χ3n) is 2.70. The summed E-state index contributed by atoms with van der Waals surface area (Å²) in [6.45, 7) is -1.48. The molecule has 2 aromatic carbocycles. The molecule has 0 unspecified atom stereocenters. The van der Waals surface area contributed by atoms with Crippen LogP contribution in [0.4, 0.5) is 23.2 Å². The van der Waals surface area contributed by atoms with Gasteiger partial charge in [-0.1, -0.05) is 12.1 Å². The Labute approximate surface area is 137 Å². The summed E-state index contributed by atoms with van der Waals surface area (Å²) in [5.74, 6) is -1.43. The Bertz CT molecular complexity index is 719. The molecule has 0 heterocycles. The highest BCUT2D eigenvalue weighted by Crippen LogP contribution is 2.27. The quantitative estimate of drug-likeness (QED) is 0.761. The second-order valence-electron chi connectivity index (χ2n) is 4.48. The smallest absolute Gasteiger partial charge is 0.422 e. The number of nitrogens with one attached hydrogen (secondary N) is 1. The maximum Gasteiger partial charge on any atom is 0.422 e. The van der Waals surface area contributed by atoms with Gasteiger partial charge < -0.3 is 10.1 Å². The Kier molecular flexibility index (Phi) is 5.25. The Morgan fingerprint density at radius 2 is 1.87 bits per heavy atom. The molecule has 0 aliphatic carbocycles. The molecule has 0 aromatic heterocycles. The van der Waals surface area contributed by atoms with Crippen LogP contribution in [-0.2, 0) is 0 Å². The number of amides is 1. The second kappa shape index (κ2) is 6.99. The van der Waals surface area contributed by atoms with Gasteiger partial charge in [0.25, 0.3) is 5.91 Å². The summed E-state index contributed by atoms with van der Waals surface area (Å²) in [4.78, 5) is 12.2. The van der Waals surface area contributed by atoms with Crippen molar-refractivity contribution in [2.24, 2.45) is 0 Å². The number of carbonyl (C=O) groups excluding carboxylic acids is 1. The van der Waals surface area contributed by atoms with Crippen molar-refractivity contribution < 1.29 is 27.1 Å². The van der Waals surface area contributed by atoms with Crippen molar-refractivity contribution in [3.8, 4) is 5.75 Å². The Hall–Kier alpha value is -2.09. The molecule has 122 valence electrons. The minimum absolute atomic E-state index is 0.00984. The first-order chi connectivity index (χ1) is 10.8. The molecule has 2 rings (SSSR count). The Morgan fingerprint density at radius 3 is 2.57 bits per heavy atom. The number of anilines is 1. The largest absolute Gasteiger partial charge is 0.482 e. The zero-order chi connectivity index (χ0) is 17.0. The fourth-order valence-corrected chi connectivity index (χ4v) is 2.14. The molecular weight excluding hydrogens is 382 g/mol. The van der Waals surface area contributed by atoms with E-state index < -0.39 is 24.5 Å². The van der Waals surface area contributed by atoms with Gasteiger partial charge in [-0.05, 0) is 46.3 Å². The molecule has 0 aliphatic heterocycles. The highest BCUT2D eigenvalue weighted by Gasteiger charge is 2.29. The van der Waals surface area contributed by atoms with Crippen molar-refractivity contribution in [1.82, 2.24) is 0 Å². The second-order valence-corrected chi connectivity index (χ2v) is 5.33. The van der Waals surface area contributed by atoms with Crippen molar-refractivity contribution in [2.45, 2.75) is 6.18 Å². The van der Waals surface area contributed by atoms with Gasteiger partial charge in [-0.2, -0.15) is 13.2 Å². The summed E-state index contributed by atoms with van der Waals surface area (Å²) < 4.78 is 55.0. The maximum absolute atomic E-state index is 13.2. The number of alkyl halides is 3. The fourth-order valence-electron chi connectivity index (χ4n) is 1.72. The highest BCUT2D eigenvalue weighted by atomic mass is 79.9. The third kappa shape index (κ3) is 4.95. The van der Waals surface area contributed by atoms with Crippen LogP contribution in [0.3, 0.4) is 0 Å². The SMILES string of the molecule is O=C(Nc1ccccc1OCC(F)(F)F)c1cc(F)ccc1Br. The lowest BCUT2D eigenvalue weighted by molar-refractivity contribution is -0.153. The first-order valence-corrected chi connectivity index (χ1v) is 7.10. The van der Waals surface area contributed by atoms with E-state index in [0.29, 0.717) is 4.47 Å². The van der Waals surface area contributed by atoms with Crippen molar-refractivity contribution in [3.63, 3.8) is 0 Å². The highest BCUT2D eigenvalue weighted by molar-refractivity contribution is 9.10. The van der Waals surface area contributed by atoms with Crippen molar-refractivity contribution in [3.05, 3.63) is 58.3 Å². The van der Waals surface area contributed by atoms with Crippen molar-refractivity contribution in [2.75, 3.05) is 11.9 Å². The molecule has 0 spiro atoms. The summed E-state index contributed by atoms with van der Waals surface area (Å²) in [5, 5.41) is 2.40. The maximum atomic E-state index is 13.2. The van der Waals surface area contributed by atoms with E-state index >= 15 is 0 Å². The number of hydrogen-bond donors (Lipinski definition) is 1. The lowest BCUT2D eigenvalue weighted by Gasteiger charge is -2.14. The number of halogens is 5. The first kappa shape index (κ1) is 17.3. The molecule has 0 bridgehead atoms. The van der Waals surface area contributed by atoms with Gasteiger partial charge in [-0.3, -0.25) is 4.79 Å². The molecule has 1 amide bonds. The van der Waals surface area contributed by atoms with E-state index in [1.807, 2.05) is 0 Å². The number of para-hydroxylation sites is 2. The van der Waals surface area contributed by atoms with Crippen LogP contribution in [0, 0.1) is 5.82 Å². The molecule has 23 heavy (non-hydrogen) atoms. The van der Waals surface area contributed by atoms with Crippen LogP contribution >= 0.6 is 15.9 Å². The molecule has 0 fully saturated rings. The summed E-state index contributed by atoms with van der Waals surface area (Å²) in [7, 11) is 0. The van der Waals surface area contributed by atoms with Gasteiger partial charge in [0.05, 0.1) is 11.3 Å². The van der Waals surface area contributed by atoms with E-state index in [9.17, 15) is 22.4 Å². The molecule has 2 aromatic rings. The van der Waals surface area contributed by atoms with E-state index in [2.05, 4.69) is 26.0 Å². The molecule has 0 atom stereocenters. The van der Waals surface area contributed by atoms with Gasteiger partial charge in [0.15, 0.2) is 6.61 Å². The van der Waals surface area contributed by atoms with E-state index in [0.717, 1.165) is 6.07 Å². The van der Waals surface area contributed by atoms with Crippen LogP contribution in [0.1, 0.15) is 10.4 Å². The van der Waals surface area contributed by atoms with E-state index in [4.69, 9.17) is 0 Å². The topological polar surface area (TPSA) is 38.3 Å². The lowest BCUT2D eigenvalue weighted by atomic mass is 10.2. The number of carbonyl (C=O) groups is 1. The molecule has 0 radical (unpaired) electrons. The molecule has 8 heteroatoms. The van der Waals surface area contributed by atoms with Crippen LogP contribution in [0.5, 0.6) is 5.75 Å². The van der Waals surface area contributed by atoms with Gasteiger partial charge in [-0.25, -0.2) is 4.39 Å². The zero-order valence-corrected chi connectivity index (χ0v) is 13.0. The van der Waals surface area contributed by atoms with Gasteiger partial charge in [0.2, 0.25) is 0 Å². The van der Waals surface area contributed by atoms with Gasteiger partial charge in [-0.15, -0.1) is 0 Å². The normalized spacial score (nSPS) is 11.2. The Morgan fingerprint density at radius 1 is 1.17 bits per heavy atom. The van der Waals surface area contributed by atoms with Crippen LogP contribution in [0.15, 0.2) is 46.9 Å². The standard InChI is InChI=1S/C15H10BrF4NO2/c16-11-6-5-9(17)7-10(11)14(22)21-12-3-1-2-4-13(12)23-8-15(18,19)20/h1-7H,8H2,(H,21,22). The number of rotatable bonds is 4. The minimum atomic E-state index is -4.50. The van der Waals surface area contributed by atoms with E-state index in [1.165, 1.54) is 36.4 Å². The number of benzene rings is 2. The summed E-state index contributed by atoms with van der Waals surface area (Å²) in [6, 6.07) is 9.21. The Balaban J connectivity index is 2.19. The van der Waals surface area contributed by atoms with Gasteiger partial charge in [0.1, 0.15) is 11.6 Å². The fraction of sp³-hybridized carbons (Fsp3) is 0.133. The minimum Gasteiger partial charge on any atom is -0.482 e. The summed E-state index contributed by atoms with van der Waals surface area (Å²) in [6.07, 6.45) is -4.50. The molecule has 0 aliphatic rings. The monoisotopic (exact) mass is 391 g/mol. The van der Waals surface area contributed by atoms with Crippen LogP contribution in [0.2, 0.25) is 0 Å². The molecule has 0 saturated carbocycles. The lowest BCUT2D eigenvalue weighted by Crippen LogP contribution is -2.20. The van der Waals surface area contributed by atoms with Crippen LogP contribution in [-0.4, -0.2) is 18.7 Å². The van der Waals surface area contributed by atoms with Crippen LogP contribution < -0.4 is 10.1 Å². The average molecular weight is 392 g/mol. The molecular formula is C15H10BrF4NO2. The predicted octanol–water partition coefficient (Wildman–Crippen LogP) is 4.78. The zero-order valence-electron chi connectivity index (χ0n) is 11.5. The number of hydrogen-bond acceptors (Lipinski definition) is 2. The summed E-state index contributed by atoms with van der Waals surface area (Å²) >= 11 is 3.11. The van der Waals surface area contributed by atoms with Crippen molar-refractivity contribution >= 4 is 27.5 Å². The van der Waals surface area contributed by atoms with Gasteiger partial charge in [0, 0.05) is 4.47 Å². The molecule has 1 N–H and O–H groups in total. The molecule has 3 nitrogen and oxygen atoms in total. The first-order valence-electron chi connectivity index (χ1n) is 6.31. The van der Waals surface area contributed by atoms with E-state index in [-0.39, 0.29) is 17.0 Å². The predicted molar refractivity (Wildman–Crippen MR) is 80.0 cm³/mol. The summed E-state index contributed by atoms with van der Waals surface area (Å²) in [5.41, 5.74) is 0.0635.